The van der Waals surface area contributed by atoms with Crippen molar-refractivity contribution in [2.75, 3.05) is 13.1 Å². The number of urea groups is 1. The van der Waals surface area contributed by atoms with Crippen molar-refractivity contribution in [3.63, 3.8) is 0 Å². The average Bonchev–Trinajstić information content (AvgIpc) is 3.46. The lowest BCUT2D eigenvalue weighted by atomic mass is 10.0. The summed E-state index contributed by atoms with van der Waals surface area (Å²) in [6.45, 7) is 5.97. The summed E-state index contributed by atoms with van der Waals surface area (Å²) in [4.78, 5) is 42.4. The minimum Gasteiger partial charge on any atom is -0.489 e. The van der Waals surface area contributed by atoms with Crippen molar-refractivity contribution in [3.8, 4) is 5.75 Å². The largest absolute Gasteiger partial charge is 0.489 e. The Labute approximate surface area is 263 Å². The number of rotatable bonds is 12. The molecule has 1 saturated carbocycles. The SMILES string of the molecule is CC(C)C[C@H](NC(=O)N1CCCCCC1)C(=O)N[C@@H](Cc1ccc(OCc2ccccc2)cc1)C(=O)NC1CCCCCC1. The molecule has 2 aliphatic rings. The molecule has 8 nitrogen and oxygen atoms in total. The van der Waals surface area contributed by atoms with Gasteiger partial charge in [-0.3, -0.25) is 9.59 Å². The van der Waals surface area contributed by atoms with Gasteiger partial charge >= 0.3 is 6.03 Å². The number of amides is 4. The first-order chi connectivity index (χ1) is 21.4. The number of likely N-dealkylation sites (tertiary alicyclic amines) is 1. The van der Waals surface area contributed by atoms with Crippen LogP contribution in [-0.2, 0) is 22.6 Å². The Bertz CT molecular complexity index is 1150. The van der Waals surface area contributed by atoms with E-state index in [2.05, 4.69) is 16.0 Å². The van der Waals surface area contributed by atoms with E-state index >= 15 is 0 Å². The fraction of sp³-hybridized carbons (Fsp3) is 0.583. The van der Waals surface area contributed by atoms with Crippen LogP contribution in [0, 0.1) is 5.92 Å². The zero-order valence-electron chi connectivity index (χ0n) is 26.7. The zero-order valence-corrected chi connectivity index (χ0v) is 26.7. The number of benzene rings is 2. The van der Waals surface area contributed by atoms with Crippen LogP contribution in [0.5, 0.6) is 5.75 Å². The first-order valence-corrected chi connectivity index (χ1v) is 16.8. The molecule has 0 unspecified atom stereocenters. The topological polar surface area (TPSA) is 99.8 Å². The van der Waals surface area contributed by atoms with Gasteiger partial charge in [0.1, 0.15) is 24.4 Å². The molecule has 2 atom stereocenters. The number of nitrogens with zero attached hydrogens (tertiary/aromatic N) is 1. The van der Waals surface area contributed by atoms with Crippen LogP contribution in [0.3, 0.4) is 0 Å². The predicted molar refractivity (Wildman–Crippen MR) is 174 cm³/mol. The summed E-state index contributed by atoms with van der Waals surface area (Å²) in [6, 6.07) is 16.2. The molecule has 1 aliphatic heterocycles. The Morgan fingerprint density at radius 3 is 2.02 bits per heavy atom. The molecule has 0 aromatic heterocycles. The maximum absolute atomic E-state index is 13.7. The molecule has 2 aromatic rings. The number of nitrogens with one attached hydrogen (secondary N) is 3. The standard InChI is InChI=1S/C36H52N4O4/c1-27(2)24-32(39-36(43)40-22-12-5-6-13-23-40)35(42)38-33(34(41)37-30-16-10-3-4-11-17-30)25-28-18-20-31(21-19-28)44-26-29-14-8-7-9-15-29/h7-9,14-15,18-21,27,30,32-33H,3-6,10-13,16-17,22-26H2,1-2H3,(H,37,41)(H,38,42)(H,39,43)/t32-,33-/m0/s1. The lowest BCUT2D eigenvalue weighted by molar-refractivity contribution is -0.130. The van der Waals surface area contributed by atoms with Crippen molar-refractivity contribution in [3.05, 3.63) is 65.7 Å². The monoisotopic (exact) mass is 604 g/mol. The summed E-state index contributed by atoms with van der Waals surface area (Å²) in [6.07, 6.45) is 11.6. The van der Waals surface area contributed by atoms with Crippen molar-refractivity contribution in [1.29, 1.82) is 0 Å². The van der Waals surface area contributed by atoms with Crippen LogP contribution in [0.4, 0.5) is 4.79 Å². The van der Waals surface area contributed by atoms with Crippen LogP contribution < -0.4 is 20.7 Å². The van der Waals surface area contributed by atoms with E-state index in [1.807, 2.05) is 73.3 Å². The molecule has 1 aliphatic carbocycles. The third-order valence-electron chi connectivity index (χ3n) is 8.66. The van der Waals surface area contributed by atoms with Crippen LogP contribution in [0.25, 0.3) is 0 Å². The van der Waals surface area contributed by atoms with Gasteiger partial charge in [0.15, 0.2) is 0 Å². The first-order valence-electron chi connectivity index (χ1n) is 16.8. The molecule has 8 heteroatoms. The maximum Gasteiger partial charge on any atom is 0.318 e. The number of hydrogen-bond donors (Lipinski definition) is 3. The first kappa shape index (κ1) is 33.3. The number of carbonyl (C=O) groups excluding carboxylic acids is 3. The Morgan fingerprint density at radius 1 is 0.750 bits per heavy atom. The van der Waals surface area contributed by atoms with Gasteiger partial charge in [-0.05, 0) is 61.3 Å². The molecule has 2 aromatic carbocycles. The van der Waals surface area contributed by atoms with Crippen LogP contribution >= 0.6 is 0 Å². The highest BCUT2D eigenvalue weighted by Gasteiger charge is 2.30. The molecule has 2 fully saturated rings. The third kappa shape index (κ3) is 11.2. The van der Waals surface area contributed by atoms with E-state index in [9.17, 15) is 14.4 Å². The molecule has 44 heavy (non-hydrogen) atoms. The van der Waals surface area contributed by atoms with Gasteiger partial charge in [-0.1, -0.05) is 94.8 Å². The molecular formula is C36H52N4O4. The van der Waals surface area contributed by atoms with Gasteiger partial charge in [-0.25, -0.2) is 4.79 Å². The summed E-state index contributed by atoms with van der Waals surface area (Å²) >= 11 is 0. The minimum atomic E-state index is -0.758. The molecule has 3 N–H and O–H groups in total. The average molecular weight is 605 g/mol. The Morgan fingerprint density at radius 2 is 1.39 bits per heavy atom. The lowest BCUT2D eigenvalue weighted by Gasteiger charge is -2.28. The molecule has 1 heterocycles. The lowest BCUT2D eigenvalue weighted by Crippen LogP contribution is -2.57. The van der Waals surface area contributed by atoms with E-state index in [4.69, 9.17) is 4.74 Å². The Kier molecular flexibility index (Phi) is 13.4. The van der Waals surface area contributed by atoms with Crippen molar-refractivity contribution in [2.45, 2.75) is 116 Å². The third-order valence-corrected chi connectivity index (χ3v) is 8.66. The summed E-state index contributed by atoms with van der Waals surface area (Å²) in [5.74, 6) is 0.452. The molecule has 4 rings (SSSR count). The Hall–Kier alpha value is -3.55. The van der Waals surface area contributed by atoms with E-state index < -0.39 is 12.1 Å². The van der Waals surface area contributed by atoms with E-state index in [0.717, 1.165) is 68.2 Å². The summed E-state index contributed by atoms with van der Waals surface area (Å²) in [5.41, 5.74) is 2.01. The molecule has 0 bridgehead atoms. The number of carbonyl (C=O) groups is 3. The van der Waals surface area contributed by atoms with Gasteiger partial charge in [0, 0.05) is 25.6 Å². The van der Waals surface area contributed by atoms with Crippen molar-refractivity contribution >= 4 is 17.8 Å². The van der Waals surface area contributed by atoms with Crippen LogP contribution in [0.15, 0.2) is 54.6 Å². The van der Waals surface area contributed by atoms with Crippen molar-refractivity contribution in [2.24, 2.45) is 5.92 Å². The second-order valence-corrected chi connectivity index (χ2v) is 12.9. The van der Waals surface area contributed by atoms with E-state index in [1.165, 1.54) is 12.8 Å². The van der Waals surface area contributed by atoms with Crippen molar-refractivity contribution in [1.82, 2.24) is 20.9 Å². The quantitative estimate of drug-likeness (QED) is 0.254. The second kappa shape index (κ2) is 17.7. The smallest absolute Gasteiger partial charge is 0.318 e. The number of ether oxygens (including phenoxy) is 1. The fourth-order valence-electron chi connectivity index (χ4n) is 6.12. The second-order valence-electron chi connectivity index (χ2n) is 12.9. The number of hydrogen-bond acceptors (Lipinski definition) is 4. The highest BCUT2D eigenvalue weighted by atomic mass is 16.5. The van der Waals surface area contributed by atoms with Gasteiger partial charge in [-0.2, -0.15) is 0 Å². The fourth-order valence-corrected chi connectivity index (χ4v) is 6.12. The zero-order chi connectivity index (χ0) is 31.1. The maximum atomic E-state index is 13.7. The van der Waals surface area contributed by atoms with Crippen LogP contribution in [-0.4, -0.2) is 54.0 Å². The van der Waals surface area contributed by atoms with E-state index in [-0.39, 0.29) is 29.8 Å². The van der Waals surface area contributed by atoms with E-state index in [0.29, 0.717) is 32.5 Å². The van der Waals surface area contributed by atoms with E-state index in [1.54, 1.807) is 0 Å². The predicted octanol–water partition coefficient (Wildman–Crippen LogP) is 6.13. The Balaban J connectivity index is 1.44. The summed E-state index contributed by atoms with van der Waals surface area (Å²) < 4.78 is 5.95. The molecule has 0 spiro atoms. The normalized spacial score (nSPS) is 17.6. The van der Waals surface area contributed by atoms with Gasteiger partial charge in [-0.15, -0.1) is 0 Å². The molecule has 4 amide bonds. The molecular weight excluding hydrogens is 552 g/mol. The molecule has 1 saturated heterocycles. The van der Waals surface area contributed by atoms with Crippen LogP contribution in [0.1, 0.15) is 95.6 Å². The highest BCUT2D eigenvalue weighted by Crippen LogP contribution is 2.19. The summed E-state index contributed by atoms with van der Waals surface area (Å²) in [7, 11) is 0. The van der Waals surface area contributed by atoms with Crippen molar-refractivity contribution < 1.29 is 19.1 Å². The molecule has 0 radical (unpaired) electrons. The van der Waals surface area contributed by atoms with Gasteiger partial charge in [0.05, 0.1) is 0 Å². The molecule has 240 valence electrons. The van der Waals surface area contributed by atoms with Crippen LogP contribution in [0.2, 0.25) is 0 Å². The van der Waals surface area contributed by atoms with Gasteiger partial charge in [0.25, 0.3) is 0 Å². The summed E-state index contributed by atoms with van der Waals surface area (Å²) in [5, 5.41) is 9.29. The highest BCUT2D eigenvalue weighted by molar-refractivity contribution is 5.92. The minimum absolute atomic E-state index is 0.118. The van der Waals surface area contributed by atoms with Gasteiger partial charge in [0.2, 0.25) is 11.8 Å². The van der Waals surface area contributed by atoms with Gasteiger partial charge < -0.3 is 25.6 Å².